The number of fused-ring (bicyclic) bond motifs is 1. The van der Waals surface area contributed by atoms with Crippen molar-refractivity contribution >= 4 is 38.3 Å². The standard InChI is InChI=1S/C13H19ClN3S/c1-5-12(17(2,3)4)16-13-15-10-8-9(14)6-7-11(10)18-13/h6-8,12H,5H2,1-4H3,(H,15,16)/q+1. The van der Waals surface area contributed by atoms with Gasteiger partial charge in [-0.25, -0.2) is 4.98 Å². The van der Waals surface area contributed by atoms with Crippen LogP contribution < -0.4 is 5.32 Å². The lowest BCUT2D eigenvalue weighted by Crippen LogP contribution is -2.49. The summed E-state index contributed by atoms with van der Waals surface area (Å²) < 4.78 is 2.03. The molecule has 2 aromatic rings. The van der Waals surface area contributed by atoms with Gasteiger partial charge in [0.1, 0.15) is 0 Å². The first-order chi connectivity index (χ1) is 8.40. The molecule has 2 rings (SSSR count). The minimum Gasteiger partial charge on any atom is -0.312 e. The molecule has 0 radical (unpaired) electrons. The lowest BCUT2D eigenvalue weighted by molar-refractivity contribution is -0.892. The molecule has 1 atom stereocenters. The van der Waals surface area contributed by atoms with Gasteiger partial charge in [0.15, 0.2) is 11.3 Å². The van der Waals surface area contributed by atoms with Gasteiger partial charge in [0.2, 0.25) is 0 Å². The predicted octanol–water partition coefficient (Wildman–Crippen LogP) is 3.80. The summed E-state index contributed by atoms with van der Waals surface area (Å²) in [5.74, 6) is 0. The van der Waals surface area contributed by atoms with E-state index in [2.05, 4.69) is 38.4 Å². The zero-order chi connectivity index (χ0) is 13.3. The van der Waals surface area contributed by atoms with Gasteiger partial charge in [-0.05, 0) is 18.2 Å². The predicted molar refractivity (Wildman–Crippen MR) is 80.4 cm³/mol. The van der Waals surface area contributed by atoms with Crippen molar-refractivity contribution in [2.75, 3.05) is 26.5 Å². The summed E-state index contributed by atoms with van der Waals surface area (Å²) in [5.41, 5.74) is 0.964. The Hall–Kier alpha value is -0.840. The molecule has 3 nitrogen and oxygen atoms in total. The molecule has 1 unspecified atom stereocenters. The number of benzene rings is 1. The number of rotatable bonds is 4. The number of nitrogens with one attached hydrogen (secondary N) is 1. The highest BCUT2D eigenvalue weighted by atomic mass is 35.5. The second kappa shape index (κ2) is 5.03. The second-order valence-electron chi connectivity index (χ2n) is 5.32. The molecule has 1 heterocycles. The van der Waals surface area contributed by atoms with Crippen LogP contribution in [0.25, 0.3) is 10.2 Å². The van der Waals surface area contributed by atoms with Crippen molar-refractivity contribution in [2.45, 2.75) is 19.5 Å². The zero-order valence-corrected chi connectivity index (χ0v) is 12.8. The number of anilines is 1. The van der Waals surface area contributed by atoms with Gasteiger partial charge >= 0.3 is 0 Å². The molecule has 0 aliphatic heterocycles. The number of nitrogens with zero attached hydrogens (tertiary/aromatic N) is 2. The van der Waals surface area contributed by atoms with Crippen LogP contribution >= 0.6 is 22.9 Å². The first-order valence-corrected chi connectivity index (χ1v) is 7.23. The first-order valence-electron chi connectivity index (χ1n) is 6.04. The smallest absolute Gasteiger partial charge is 0.188 e. The molecular formula is C13H19ClN3S+. The summed E-state index contributed by atoms with van der Waals surface area (Å²) in [6.07, 6.45) is 1.42. The number of halogens is 1. The van der Waals surface area contributed by atoms with Gasteiger partial charge in [-0.15, -0.1) is 0 Å². The largest absolute Gasteiger partial charge is 0.312 e. The van der Waals surface area contributed by atoms with E-state index >= 15 is 0 Å². The zero-order valence-electron chi connectivity index (χ0n) is 11.2. The third-order valence-corrected chi connectivity index (χ3v) is 4.16. The fourth-order valence-corrected chi connectivity index (χ4v) is 3.01. The Bertz CT molecular complexity index is 545. The molecular weight excluding hydrogens is 266 g/mol. The Balaban J connectivity index is 2.26. The number of aromatic nitrogens is 1. The van der Waals surface area contributed by atoms with E-state index < -0.39 is 0 Å². The molecule has 0 amide bonds. The van der Waals surface area contributed by atoms with Crippen molar-refractivity contribution in [3.63, 3.8) is 0 Å². The van der Waals surface area contributed by atoms with Crippen LogP contribution in [-0.4, -0.2) is 36.8 Å². The molecule has 0 aliphatic carbocycles. The van der Waals surface area contributed by atoms with Gasteiger partial charge < -0.3 is 9.80 Å². The van der Waals surface area contributed by atoms with Crippen LogP contribution in [0.3, 0.4) is 0 Å². The van der Waals surface area contributed by atoms with Crippen molar-refractivity contribution in [1.29, 1.82) is 0 Å². The summed E-state index contributed by atoms with van der Waals surface area (Å²) >= 11 is 7.65. The number of hydrogen-bond donors (Lipinski definition) is 1. The Morgan fingerprint density at radius 2 is 2.11 bits per heavy atom. The second-order valence-corrected chi connectivity index (χ2v) is 6.78. The summed E-state index contributed by atoms with van der Waals surface area (Å²) in [6, 6.07) is 5.84. The quantitative estimate of drug-likeness (QED) is 0.682. The van der Waals surface area contributed by atoms with Crippen LogP contribution in [-0.2, 0) is 0 Å². The molecule has 18 heavy (non-hydrogen) atoms. The maximum absolute atomic E-state index is 5.97. The Morgan fingerprint density at radius 3 is 2.72 bits per heavy atom. The fraction of sp³-hybridized carbons (Fsp3) is 0.462. The van der Waals surface area contributed by atoms with Crippen LogP contribution in [0.4, 0.5) is 5.13 Å². The topological polar surface area (TPSA) is 24.9 Å². The lowest BCUT2D eigenvalue weighted by atomic mass is 10.3. The molecule has 1 aromatic carbocycles. The van der Waals surface area contributed by atoms with Crippen LogP contribution in [0.5, 0.6) is 0 Å². The minimum absolute atomic E-state index is 0.362. The van der Waals surface area contributed by atoms with E-state index in [0.29, 0.717) is 6.17 Å². The SMILES string of the molecule is CCC(Nc1nc2cc(Cl)ccc2s1)[N+](C)(C)C. The highest BCUT2D eigenvalue weighted by Crippen LogP contribution is 2.29. The Kier molecular flexibility index (Phi) is 3.80. The highest BCUT2D eigenvalue weighted by molar-refractivity contribution is 7.22. The van der Waals surface area contributed by atoms with E-state index in [9.17, 15) is 0 Å². The Morgan fingerprint density at radius 1 is 1.39 bits per heavy atom. The molecule has 5 heteroatoms. The third kappa shape index (κ3) is 2.94. The summed E-state index contributed by atoms with van der Waals surface area (Å²) in [7, 11) is 6.56. The molecule has 0 aliphatic rings. The summed E-state index contributed by atoms with van der Waals surface area (Å²) in [6.45, 7) is 2.19. The van der Waals surface area contributed by atoms with Gasteiger partial charge in [0.05, 0.1) is 31.4 Å². The van der Waals surface area contributed by atoms with Crippen LogP contribution in [0.15, 0.2) is 18.2 Å². The molecule has 0 fully saturated rings. The number of hydrogen-bond acceptors (Lipinski definition) is 3. The van der Waals surface area contributed by atoms with E-state index in [1.165, 1.54) is 0 Å². The molecule has 0 saturated heterocycles. The van der Waals surface area contributed by atoms with E-state index in [1.54, 1.807) is 11.3 Å². The van der Waals surface area contributed by atoms with E-state index in [0.717, 1.165) is 31.3 Å². The van der Waals surface area contributed by atoms with Crippen LogP contribution in [0.1, 0.15) is 13.3 Å². The first kappa shape index (κ1) is 13.6. The summed E-state index contributed by atoms with van der Waals surface area (Å²) in [4.78, 5) is 4.59. The van der Waals surface area contributed by atoms with Gasteiger partial charge in [-0.3, -0.25) is 0 Å². The summed E-state index contributed by atoms with van der Waals surface area (Å²) in [5, 5.41) is 5.21. The van der Waals surface area contributed by atoms with Gasteiger partial charge in [-0.1, -0.05) is 29.9 Å². The Labute approximate surface area is 117 Å². The number of thiazole rings is 1. The van der Waals surface area contributed by atoms with Crippen molar-refractivity contribution in [2.24, 2.45) is 0 Å². The van der Waals surface area contributed by atoms with Crippen LogP contribution in [0, 0.1) is 0 Å². The third-order valence-electron chi connectivity index (χ3n) is 2.96. The number of quaternary nitrogens is 1. The molecule has 1 N–H and O–H groups in total. The van der Waals surface area contributed by atoms with Gasteiger partial charge in [0.25, 0.3) is 0 Å². The fourth-order valence-electron chi connectivity index (χ4n) is 1.95. The van der Waals surface area contributed by atoms with Gasteiger partial charge in [-0.2, -0.15) is 0 Å². The van der Waals surface area contributed by atoms with E-state index in [4.69, 9.17) is 11.6 Å². The molecule has 0 bridgehead atoms. The maximum Gasteiger partial charge on any atom is 0.188 e. The molecule has 0 spiro atoms. The normalized spacial score (nSPS) is 13.8. The van der Waals surface area contributed by atoms with E-state index in [-0.39, 0.29) is 0 Å². The van der Waals surface area contributed by atoms with Crippen molar-refractivity contribution in [1.82, 2.24) is 4.98 Å². The molecule has 0 saturated carbocycles. The monoisotopic (exact) mass is 284 g/mol. The minimum atomic E-state index is 0.362. The average molecular weight is 285 g/mol. The highest BCUT2D eigenvalue weighted by Gasteiger charge is 2.22. The maximum atomic E-state index is 5.97. The van der Waals surface area contributed by atoms with Crippen molar-refractivity contribution in [3.8, 4) is 0 Å². The van der Waals surface area contributed by atoms with Crippen molar-refractivity contribution in [3.05, 3.63) is 23.2 Å². The average Bonchev–Trinajstić information content (AvgIpc) is 2.65. The molecule has 1 aromatic heterocycles. The van der Waals surface area contributed by atoms with Crippen molar-refractivity contribution < 1.29 is 4.48 Å². The van der Waals surface area contributed by atoms with E-state index in [1.807, 2.05) is 18.2 Å². The molecule has 98 valence electrons. The lowest BCUT2D eigenvalue weighted by Gasteiger charge is -2.33. The van der Waals surface area contributed by atoms with Gasteiger partial charge in [0, 0.05) is 11.4 Å². The van der Waals surface area contributed by atoms with Crippen LogP contribution in [0.2, 0.25) is 5.02 Å².